The molecule has 0 radical (unpaired) electrons. The van der Waals surface area contributed by atoms with Crippen LogP contribution in [0.2, 0.25) is 0 Å². The third-order valence-electron chi connectivity index (χ3n) is 5.36. The van der Waals surface area contributed by atoms with Crippen molar-refractivity contribution in [1.29, 1.82) is 0 Å². The van der Waals surface area contributed by atoms with E-state index in [2.05, 4.69) is 17.2 Å². The number of ether oxygens (including phenoxy) is 1. The third-order valence-corrected chi connectivity index (χ3v) is 5.36. The molecule has 1 aromatic rings. The van der Waals surface area contributed by atoms with Gasteiger partial charge in [-0.05, 0) is 37.9 Å². The molecule has 0 bridgehead atoms. The summed E-state index contributed by atoms with van der Waals surface area (Å²) in [5.41, 5.74) is 2.23. The van der Waals surface area contributed by atoms with Gasteiger partial charge < -0.3 is 4.74 Å². The van der Waals surface area contributed by atoms with Gasteiger partial charge in [-0.1, -0.05) is 43.2 Å². The molecule has 1 aliphatic rings. The number of unbranched alkanes of at least 4 members (excludes halogenated alkanes) is 5. The number of rotatable bonds is 11. The zero-order valence-corrected chi connectivity index (χ0v) is 18.0. The number of amides is 2. The van der Waals surface area contributed by atoms with Crippen LogP contribution in [-0.2, 0) is 20.9 Å². The second-order valence-corrected chi connectivity index (χ2v) is 7.69. The van der Waals surface area contributed by atoms with E-state index >= 15 is 0 Å². The lowest BCUT2D eigenvalue weighted by atomic mass is 9.99. The first-order chi connectivity index (χ1) is 14.6. The maximum Gasteiger partial charge on any atom is 0.243 e. The van der Waals surface area contributed by atoms with Gasteiger partial charge in [0.1, 0.15) is 6.29 Å². The minimum atomic E-state index is -0.388. The maximum absolute atomic E-state index is 12.2. The summed E-state index contributed by atoms with van der Waals surface area (Å²) in [7, 11) is 3.56. The molecule has 1 heterocycles. The van der Waals surface area contributed by atoms with Crippen molar-refractivity contribution in [1.82, 2.24) is 10.2 Å². The molecule has 2 rings (SSSR count). The van der Waals surface area contributed by atoms with Crippen molar-refractivity contribution in [2.75, 3.05) is 20.8 Å². The summed E-state index contributed by atoms with van der Waals surface area (Å²) in [5.74, 6) is 5.93. The molecule has 0 spiro atoms. The van der Waals surface area contributed by atoms with Crippen molar-refractivity contribution in [2.24, 2.45) is 0 Å². The number of benzene rings is 1. The van der Waals surface area contributed by atoms with Gasteiger partial charge >= 0.3 is 0 Å². The molecule has 6 nitrogen and oxygen atoms in total. The fraction of sp³-hybridized carbons (Fsp3) is 0.542. The number of hydrogen-bond donors (Lipinski definition) is 1. The van der Waals surface area contributed by atoms with Gasteiger partial charge in [0.25, 0.3) is 0 Å². The molecule has 0 aliphatic carbocycles. The number of piperidine rings is 1. The average Bonchev–Trinajstić information content (AvgIpc) is 2.73. The average molecular weight is 413 g/mol. The van der Waals surface area contributed by atoms with Crippen molar-refractivity contribution >= 4 is 18.1 Å². The Kier molecular flexibility index (Phi) is 10.3. The molecule has 30 heavy (non-hydrogen) atoms. The summed E-state index contributed by atoms with van der Waals surface area (Å²) in [6.07, 6.45) is 8.13. The number of nitrogens with zero attached hydrogens (tertiary/aromatic N) is 1. The highest BCUT2D eigenvalue weighted by Gasteiger charge is 2.30. The van der Waals surface area contributed by atoms with Crippen molar-refractivity contribution < 1.29 is 19.1 Å². The fourth-order valence-corrected chi connectivity index (χ4v) is 3.62. The van der Waals surface area contributed by atoms with Crippen molar-refractivity contribution in [3.8, 4) is 11.8 Å². The van der Waals surface area contributed by atoms with Gasteiger partial charge in [-0.2, -0.15) is 0 Å². The zero-order valence-electron chi connectivity index (χ0n) is 18.0. The van der Waals surface area contributed by atoms with E-state index in [1.54, 1.807) is 13.2 Å². The van der Waals surface area contributed by atoms with Gasteiger partial charge in [0, 0.05) is 44.2 Å². The molecule has 0 aromatic heterocycles. The number of imide groups is 1. The molecule has 0 saturated carbocycles. The first kappa shape index (κ1) is 23.8. The smallest absolute Gasteiger partial charge is 0.243 e. The molecule has 1 saturated heterocycles. The quantitative estimate of drug-likeness (QED) is 0.262. The number of nitrogens with one attached hydrogen (secondary N) is 1. The largest absolute Gasteiger partial charge is 0.385 e. The Bertz CT molecular complexity index is 794. The number of methoxy groups -OCH3 is 1. The Hall–Kier alpha value is -2.49. The Morgan fingerprint density at radius 2 is 1.97 bits per heavy atom. The van der Waals surface area contributed by atoms with E-state index in [0.29, 0.717) is 24.9 Å². The van der Waals surface area contributed by atoms with E-state index in [9.17, 15) is 14.4 Å². The fourth-order valence-electron chi connectivity index (χ4n) is 3.62. The molecule has 1 aromatic carbocycles. The Morgan fingerprint density at radius 3 is 2.70 bits per heavy atom. The van der Waals surface area contributed by atoms with Gasteiger partial charge in [0.05, 0.1) is 6.04 Å². The highest BCUT2D eigenvalue weighted by Crippen LogP contribution is 2.19. The third kappa shape index (κ3) is 7.40. The van der Waals surface area contributed by atoms with Crippen LogP contribution in [0.4, 0.5) is 0 Å². The first-order valence-corrected chi connectivity index (χ1v) is 10.7. The SMILES string of the molecule is COCCCCCCCC#Cc1cccc(C=O)c1CN(C)C1CCC(=O)NC1=O. The van der Waals surface area contributed by atoms with Gasteiger partial charge in [0.2, 0.25) is 11.8 Å². The second kappa shape index (κ2) is 12.9. The number of hydrogen-bond acceptors (Lipinski definition) is 5. The maximum atomic E-state index is 12.2. The highest BCUT2D eigenvalue weighted by atomic mass is 16.5. The normalized spacial score (nSPS) is 16.2. The number of likely N-dealkylation sites (N-methyl/N-ethyl adjacent to an activating group) is 1. The first-order valence-electron chi connectivity index (χ1n) is 10.7. The predicted octanol–water partition coefficient (Wildman–Crippen LogP) is 3.07. The Balaban J connectivity index is 1.97. The van der Waals surface area contributed by atoms with Crippen LogP contribution in [0.25, 0.3) is 0 Å². The van der Waals surface area contributed by atoms with Crippen molar-refractivity contribution in [2.45, 2.75) is 64.0 Å². The van der Waals surface area contributed by atoms with E-state index < -0.39 is 0 Å². The molecule has 1 aliphatic heterocycles. The predicted molar refractivity (Wildman–Crippen MR) is 116 cm³/mol. The monoisotopic (exact) mass is 412 g/mol. The van der Waals surface area contributed by atoms with E-state index in [1.807, 2.05) is 24.1 Å². The van der Waals surface area contributed by atoms with Gasteiger partial charge in [-0.15, -0.1) is 0 Å². The summed E-state index contributed by atoms with van der Waals surface area (Å²) < 4.78 is 5.05. The summed E-state index contributed by atoms with van der Waals surface area (Å²) in [6, 6.07) is 5.13. The van der Waals surface area contributed by atoms with Crippen LogP contribution < -0.4 is 5.32 Å². The highest BCUT2D eigenvalue weighted by molar-refractivity contribution is 6.00. The Morgan fingerprint density at radius 1 is 1.20 bits per heavy atom. The van der Waals surface area contributed by atoms with Crippen LogP contribution in [0, 0.1) is 11.8 Å². The lowest BCUT2D eigenvalue weighted by Crippen LogP contribution is -2.51. The zero-order chi connectivity index (χ0) is 21.8. The summed E-state index contributed by atoms with van der Waals surface area (Å²) in [4.78, 5) is 37.0. The lowest BCUT2D eigenvalue weighted by Gasteiger charge is -2.30. The molecular formula is C24H32N2O4. The van der Waals surface area contributed by atoms with Crippen LogP contribution in [0.5, 0.6) is 0 Å². The number of aldehydes is 1. The molecule has 6 heteroatoms. The van der Waals surface area contributed by atoms with Crippen molar-refractivity contribution in [3.63, 3.8) is 0 Å². The van der Waals surface area contributed by atoms with Gasteiger partial charge in [0.15, 0.2) is 0 Å². The topological polar surface area (TPSA) is 75.7 Å². The number of carbonyl (C=O) groups is 3. The molecule has 1 unspecified atom stereocenters. The summed E-state index contributed by atoms with van der Waals surface area (Å²) >= 11 is 0. The van der Waals surface area contributed by atoms with E-state index in [4.69, 9.17) is 4.74 Å². The van der Waals surface area contributed by atoms with Crippen molar-refractivity contribution in [3.05, 3.63) is 34.9 Å². The molecule has 1 fully saturated rings. The van der Waals surface area contributed by atoms with Crippen LogP contribution >= 0.6 is 0 Å². The standard InChI is InChI=1S/C24H32N2O4/c1-26(22-14-15-23(28)25-24(22)29)17-21-19(12-10-13-20(21)18-27)11-8-6-4-3-5-7-9-16-30-2/h10,12-13,18,22H,3-7,9,14-17H2,1-2H3,(H,25,28,29). The second-order valence-electron chi connectivity index (χ2n) is 7.69. The Labute approximate surface area is 179 Å². The number of carbonyl (C=O) groups excluding carboxylic acids is 3. The van der Waals surface area contributed by atoms with E-state index in [0.717, 1.165) is 49.7 Å². The minimum absolute atomic E-state index is 0.233. The van der Waals surface area contributed by atoms with Gasteiger partial charge in [-0.25, -0.2) is 0 Å². The van der Waals surface area contributed by atoms with Crippen LogP contribution in [-0.4, -0.2) is 49.8 Å². The van der Waals surface area contributed by atoms with Gasteiger partial charge in [-0.3, -0.25) is 24.6 Å². The minimum Gasteiger partial charge on any atom is -0.385 e. The molecule has 2 amide bonds. The van der Waals surface area contributed by atoms with Crippen LogP contribution in [0.3, 0.4) is 0 Å². The van der Waals surface area contributed by atoms with E-state index in [-0.39, 0.29) is 17.9 Å². The molecule has 1 N–H and O–H groups in total. The summed E-state index contributed by atoms with van der Waals surface area (Å²) in [6.45, 7) is 1.24. The van der Waals surface area contributed by atoms with E-state index in [1.165, 1.54) is 12.8 Å². The summed E-state index contributed by atoms with van der Waals surface area (Å²) in [5, 5.41) is 2.39. The van der Waals surface area contributed by atoms with Crippen LogP contribution in [0.1, 0.15) is 72.9 Å². The molecule has 1 atom stereocenters. The lowest BCUT2D eigenvalue weighted by molar-refractivity contribution is -0.137. The molecule has 162 valence electrons. The van der Waals surface area contributed by atoms with Crippen LogP contribution in [0.15, 0.2) is 18.2 Å². The molecular weight excluding hydrogens is 380 g/mol.